The van der Waals surface area contributed by atoms with Crippen molar-refractivity contribution in [3.63, 3.8) is 0 Å². The molecular weight excluding hydrogens is 306 g/mol. The van der Waals surface area contributed by atoms with Gasteiger partial charge in [-0.1, -0.05) is 30.3 Å². The van der Waals surface area contributed by atoms with Gasteiger partial charge in [-0.15, -0.1) is 11.3 Å². The molecule has 0 unspecified atom stereocenters. The lowest BCUT2D eigenvalue weighted by atomic mass is 10.1. The average Bonchev–Trinajstić information content (AvgIpc) is 3.03. The van der Waals surface area contributed by atoms with Gasteiger partial charge in [0.05, 0.1) is 17.8 Å². The Morgan fingerprint density at radius 3 is 2.78 bits per heavy atom. The molecule has 0 saturated carbocycles. The Labute approximate surface area is 139 Å². The number of amides is 1. The van der Waals surface area contributed by atoms with E-state index in [2.05, 4.69) is 15.3 Å². The Morgan fingerprint density at radius 2 is 2.00 bits per heavy atom. The van der Waals surface area contributed by atoms with E-state index in [1.807, 2.05) is 54.8 Å². The summed E-state index contributed by atoms with van der Waals surface area (Å²) in [7, 11) is 0. The van der Waals surface area contributed by atoms with Gasteiger partial charge in [0.15, 0.2) is 0 Å². The SMILES string of the molecule is Cc1ccccc1CNC(=O)Cc1csc(-c2ccccn2)n1. The summed E-state index contributed by atoms with van der Waals surface area (Å²) >= 11 is 1.51. The molecule has 1 aromatic carbocycles. The third-order valence-corrected chi connectivity index (χ3v) is 4.43. The number of aromatic nitrogens is 2. The smallest absolute Gasteiger partial charge is 0.226 e. The van der Waals surface area contributed by atoms with E-state index in [1.54, 1.807) is 6.20 Å². The van der Waals surface area contributed by atoms with Crippen LogP contribution >= 0.6 is 11.3 Å². The summed E-state index contributed by atoms with van der Waals surface area (Å²) in [5, 5.41) is 5.70. The van der Waals surface area contributed by atoms with Crippen LogP contribution in [0.1, 0.15) is 16.8 Å². The molecule has 5 heteroatoms. The Morgan fingerprint density at radius 1 is 1.17 bits per heavy atom. The summed E-state index contributed by atoms with van der Waals surface area (Å²) in [5.74, 6) is -0.0221. The molecule has 0 fully saturated rings. The van der Waals surface area contributed by atoms with Gasteiger partial charge in [-0.3, -0.25) is 9.78 Å². The maximum Gasteiger partial charge on any atom is 0.226 e. The normalized spacial score (nSPS) is 10.5. The number of nitrogens with one attached hydrogen (secondary N) is 1. The maximum atomic E-state index is 12.1. The monoisotopic (exact) mass is 323 g/mol. The standard InChI is InChI=1S/C18H17N3OS/c1-13-6-2-3-7-14(13)11-20-17(22)10-15-12-23-18(21-15)16-8-4-5-9-19-16/h2-9,12H,10-11H2,1H3,(H,20,22). The quantitative estimate of drug-likeness (QED) is 0.783. The zero-order valence-electron chi connectivity index (χ0n) is 12.8. The zero-order valence-corrected chi connectivity index (χ0v) is 13.6. The lowest BCUT2D eigenvalue weighted by Crippen LogP contribution is -2.25. The van der Waals surface area contributed by atoms with Crippen molar-refractivity contribution >= 4 is 17.2 Å². The first-order chi connectivity index (χ1) is 11.2. The Balaban J connectivity index is 1.58. The molecule has 0 aliphatic rings. The number of carbonyl (C=O) groups is 1. The predicted molar refractivity (Wildman–Crippen MR) is 92.1 cm³/mol. The fraction of sp³-hybridized carbons (Fsp3) is 0.167. The van der Waals surface area contributed by atoms with Crippen LogP contribution in [0.5, 0.6) is 0 Å². The van der Waals surface area contributed by atoms with E-state index < -0.39 is 0 Å². The second kappa shape index (κ2) is 7.15. The summed E-state index contributed by atoms with van der Waals surface area (Å²) in [4.78, 5) is 20.8. The number of hydrogen-bond acceptors (Lipinski definition) is 4. The van der Waals surface area contributed by atoms with Gasteiger partial charge in [-0.05, 0) is 30.2 Å². The number of nitrogens with zero attached hydrogens (tertiary/aromatic N) is 2. The number of pyridine rings is 1. The maximum absolute atomic E-state index is 12.1. The Kier molecular flexibility index (Phi) is 4.78. The molecule has 1 N–H and O–H groups in total. The van der Waals surface area contributed by atoms with E-state index >= 15 is 0 Å². The van der Waals surface area contributed by atoms with Crippen LogP contribution in [0.4, 0.5) is 0 Å². The molecule has 0 saturated heterocycles. The van der Waals surface area contributed by atoms with E-state index in [-0.39, 0.29) is 12.3 Å². The molecular formula is C18H17N3OS. The molecule has 0 bridgehead atoms. The minimum absolute atomic E-state index is 0.0221. The molecule has 3 aromatic rings. The van der Waals surface area contributed by atoms with Crippen LogP contribution in [0.2, 0.25) is 0 Å². The van der Waals surface area contributed by atoms with Crippen LogP contribution in [-0.2, 0) is 17.8 Å². The van der Waals surface area contributed by atoms with E-state index in [1.165, 1.54) is 16.9 Å². The third-order valence-electron chi connectivity index (χ3n) is 3.51. The van der Waals surface area contributed by atoms with Crippen molar-refractivity contribution < 1.29 is 4.79 Å². The van der Waals surface area contributed by atoms with Crippen LogP contribution in [0.3, 0.4) is 0 Å². The van der Waals surface area contributed by atoms with Gasteiger partial charge < -0.3 is 5.32 Å². The second-order valence-corrected chi connectivity index (χ2v) is 6.10. The van der Waals surface area contributed by atoms with E-state index in [9.17, 15) is 4.79 Å². The number of benzene rings is 1. The fourth-order valence-corrected chi connectivity index (χ4v) is 3.02. The number of rotatable bonds is 5. The number of hydrogen-bond donors (Lipinski definition) is 1. The molecule has 2 aromatic heterocycles. The highest BCUT2D eigenvalue weighted by Gasteiger charge is 2.09. The first-order valence-corrected chi connectivity index (χ1v) is 8.27. The van der Waals surface area contributed by atoms with Crippen molar-refractivity contribution in [1.82, 2.24) is 15.3 Å². The number of carbonyl (C=O) groups excluding carboxylic acids is 1. The minimum atomic E-state index is -0.0221. The topological polar surface area (TPSA) is 54.9 Å². The molecule has 0 radical (unpaired) electrons. The summed E-state index contributed by atoms with van der Waals surface area (Å²) in [5.41, 5.74) is 3.93. The van der Waals surface area contributed by atoms with Crippen molar-refractivity contribution in [2.24, 2.45) is 0 Å². The minimum Gasteiger partial charge on any atom is -0.352 e. The zero-order chi connectivity index (χ0) is 16.1. The van der Waals surface area contributed by atoms with Crippen molar-refractivity contribution in [2.45, 2.75) is 19.9 Å². The van der Waals surface area contributed by atoms with Gasteiger partial charge in [-0.25, -0.2) is 4.98 Å². The number of thiazole rings is 1. The molecule has 0 spiro atoms. The predicted octanol–water partition coefficient (Wildman–Crippen LogP) is 3.37. The van der Waals surface area contributed by atoms with E-state index in [4.69, 9.17) is 0 Å². The van der Waals surface area contributed by atoms with Crippen molar-refractivity contribution in [1.29, 1.82) is 0 Å². The van der Waals surface area contributed by atoms with Crippen molar-refractivity contribution in [3.05, 3.63) is 70.9 Å². The molecule has 1 amide bonds. The summed E-state index contributed by atoms with van der Waals surface area (Å²) in [6, 6.07) is 13.8. The molecule has 3 rings (SSSR count). The second-order valence-electron chi connectivity index (χ2n) is 5.24. The van der Waals surface area contributed by atoms with Gasteiger partial charge in [-0.2, -0.15) is 0 Å². The highest BCUT2D eigenvalue weighted by molar-refractivity contribution is 7.13. The van der Waals surface area contributed by atoms with Gasteiger partial charge >= 0.3 is 0 Å². The first-order valence-electron chi connectivity index (χ1n) is 7.39. The lowest BCUT2D eigenvalue weighted by Gasteiger charge is -2.07. The summed E-state index contributed by atoms with van der Waals surface area (Å²) in [6.07, 6.45) is 2.03. The van der Waals surface area contributed by atoms with Crippen molar-refractivity contribution in [3.8, 4) is 10.7 Å². The summed E-state index contributed by atoms with van der Waals surface area (Å²) in [6.45, 7) is 2.59. The summed E-state index contributed by atoms with van der Waals surface area (Å²) < 4.78 is 0. The Bertz CT molecular complexity index is 799. The molecule has 4 nitrogen and oxygen atoms in total. The van der Waals surface area contributed by atoms with Crippen LogP contribution in [0.25, 0.3) is 10.7 Å². The van der Waals surface area contributed by atoms with Gasteiger partial charge in [0.1, 0.15) is 5.01 Å². The molecule has 2 heterocycles. The highest BCUT2D eigenvalue weighted by Crippen LogP contribution is 2.21. The van der Waals surface area contributed by atoms with E-state index in [0.29, 0.717) is 6.54 Å². The van der Waals surface area contributed by atoms with Gasteiger partial charge in [0.25, 0.3) is 0 Å². The molecule has 0 atom stereocenters. The average molecular weight is 323 g/mol. The van der Waals surface area contributed by atoms with Gasteiger partial charge in [0.2, 0.25) is 5.91 Å². The van der Waals surface area contributed by atoms with Crippen molar-refractivity contribution in [2.75, 3.05) is 0 Å². The first kappa shape index (κ1) is 15.4. The van der Waals surface area contributed by atoms with Crippen LogP contribution in [0.15, 0.2) is 54.0 Å². The van der Waals surface area contributed by atoms with Crippen LogP contribution < -0.4 is 5.32 Å². The molecule has 23 heavy (non-hydrogen) atoms. The molecule has 116 valence electrons. The Hall–Kier alpha value is -2.53. The fourth-order valence-electron chi connectivity index (χ4n) is 2.22. The molecule has 0 aliphatic heterocycles. The highest BCUT2D eigenvalue weighted by atomic mass is 32.1. The molecule has 0 aliphatic carbocycles. The van der Waals surface area contributed by atoms with Gasteiger partial charge in [0, 0.05) is 18.1 Å². The van der Waals surface area contributed by atoms with E-state index in [0.717, 1.165) is 22.0 Å². The van der Waals surface area contributed by atoms with Crippen LogP contribution in [0, 0.1) is 6.92 Å². The lowest BCUT2D eigenvalue weighted by molar-refractivity contribution is -0.120. The van der Waals surface area contributed by atoms with Crippen LogP contribution in [-0.4, -0.2) is 15.9 Å². The largest absolute Gasteiger partial charge is 0.352 e. The number of aryl methyl sites for hydroxylation is 1. The third kappa shape index (κ3) is 4.02.